The van der Waals surface area contributed by atoms with Crippen LogP contribution in [-0.4, -0.2) is 19.7 Å². The lowest BCUT2D eigenvalue weighted by Gasteiger charge is -2.09. The molecule has 0 atom stereocenters. The number of thiophene rings is 1. The van der Waals surface area contributed by atoms with Gasteiger partial charge < -0.3 is 10.1 Å². The van der Waals surface area contributed by atoms with Gasteiger partial charge in [0.05, 0.1) is 4.47 Å². The Labute approximate surface area is 126 Å². The molecule has 0 spiro atoms. The fourth-order valence-corrected chi connectivity index (χ4v) is 3.06. The fourth-order valence-electron chi connectivity index (χ4n) is 1.75. The van der Waals surface area contributed by atoms with Crippen molar-refractivity contribution in [2.75, 3.05) is 19.7 Å². The van der Waals surface area contributed by atoms with Gasteiger partial charge in [-0.15, -0.1) is 11.3 Å². The summed E-state index contributed by atoms with van der Waals surface area (Å²) in [5.41, 5.74) is 1.23. The van der Waals surface area contributed by atoms with Gasteiger partial charge in [-0.1, -0.05) is 12.1 Å². The minimum absolute atomic E-state index is 0.687. The van der Waals surface area contributed by atoms with Gasteiger partial charge in [0.1, 0.15) is 12.4 Å². The van der Waals surface area contributed by atoms with Crippen molar-refractivity contribution in [2.45, 2.75) is 13.3 Å². The lowest BCUT2D eigenvalue weighted by atomic mass is 10.2. The van der Waals surface area contributed by atoms with Crippen LogP contribution in [-0.2, 0) is 6.42 Å². The molecule has 19 heavy (non-hydrogen) atoms. The van der Waals surface area contributed by atoms with E-state index in [0.29, 0.717) is 6.61 Å². The summed E-state index contributed by atoms with van der Waals surface area (Å²) in [4.78, 5) is 1.43. The highest BCUT2D eigenvalue weighted by Gasteiger charge is 2.00. The summed E-state index contributed by atoms with van der Waals surface area (Å²) in [6.45, 7) is 4.62. The zero-order chi connectivity index (χ0) is 13.5. The first kappa shape index (κ1) is 14.6. The minimum atomic E-state index is 0.687. The quantitative estimate of drug-likeness (QED) is 0.769. The molecule has 0 unspecified atom stereocenters. The van der Waals surface area contributed by atoms with Crippen LogP contribution in [0.4, 0.5) is 0 Å². The summed E-state index contributed by atoms with van der Waals surface area (Å²) in [5.74, 6) is 0.908. The van der Waals surface area contributed by atoms with E-state index in [1.807, 2.05) is 17.4 Å². The Hall–Kier alpha value is -0.840. The predicted molar refractivity (Wildman–Crippen MR) is 85.3 cm³/mol. The molecule has 0 aliphatic carbocycles. The molecule has 1 aromatic heterocycles. The first-order valence-corrected chi connectivity index (χ1v) is 8.05. The van der Waals surface area contributed by atoms with Gasteiger partial charge in [-0.2, -0.15) is 0 Å². The summed E-state index contributed by atoms with van der Waals surface area (Å²) in [6, 6.07) is 10.4. The van der Waals surface area contributed by atoms with Gasteiger partial charge in [0.15, 0.2) is 0 Å². The van der Waals surface area contributed by atoms with Crippen LogP contribution in [0.3, 0.4) is 0 Å². The van der Waals surface area contributed by atoms with Crippen molar-refractivity contribution in [3.05, 3.63) is 50.6 Å². The number of hydrogen-bond acceptors (Lipinski definition) is 3. The van der Waals surface area contributed by atoms with E-state index in [1.54, 1.807) is 0 Å². The molecular weight excluding hydrogens is 322 g/mol. The summed E-state index contributed by atoms with van der Waals surface area (Å²) in [6.07, 6.45) is 1.09. The summed E-state index contributed by atoms with van der Waals surface area (Å²) < 4.78 is 6.74. The molecule has 1 N–H and O–H groups in total. The summed E-state index contributed by atoms with van der Waals surface area (Å²) in [5, 5.41) is 5.51. The standard InChI is InChI=1S/C15H18BrNOS/c1-12-4-5-15(14(16)11-12)18-9-8-17-7-6-13-3-2-10-19-13/h2-5,10-11,17H,6-9H2,1H3. The lowest BCUT2D eigenvalue weighted by molar-refractivity contribution is 0.312. The second kappa shape index (κ2) is 7.68. The molecule has 0 fully saturated rings. The van der Waals surface area contributed by atoms with Crippen molar-refractivity contribution in [2.24, 2.45) is 0 Å². The van der Waals surface area contributed by atoms with Crippen LogP contribution in [0.25, 0.3) is 0 Å². The molecule has 2 rings (SSSR count). The highest BCUT2D eigenvalue weighted by Crippen LogP contribution is 2.25. The van der Waals surface area contributed by atoms with E-state index in [-0.39, 0.29) is 0 Å². The number of halogens is 1. The van der Waals surface area contributed by atoms with E-state index in [0.717, 1.165) is 29.7 Å². The molecular formula is C15H18BrNOS. The number of nitrogens with one attached hydrogen (secondary N) is 1. The van der Waals surface area contributed by atoms with Crippen LogP contribution < -0.4 is 10.1 Å². The first-order valence-electron chi connectivity index (χ1n) is 6.38. The van der Waals surface area contributed by atoms with E-state index < -0.39 is 0 Å². The molecule has 1 aromatic carbocycles. The Kier molecular flexibility index (Phi) is 5.89. The average molecular weight is 340 g/mol. The van der Waals surface area contributed by atoms with Crippen molar-refractivity contribution < 1.29 is 4.74 Å². The largest absolute Gasteiger partial charge is 0.491 e. The van der Waals surface area contributed by atoms with E-state index >= 15 is 0 Å². The van der Waals surface area contributed by atoms with E-state index in [2.05, 4.69) is 57.8 Å². The van der Waals surface area contributed by atoms with Gasteiger partial charge in [-0.05, 0) is 58.4 Å². The fraction of sp³-hybridized carbons (Fsp3) is 0.333. The summed E-state index contributed by atoms with van der Waals surface area (Å²) >= 11 is 5.32. The van der Waals surface area contributed by atoms with E-state index in [4.69, 9.17) is 4.74 Å². The topological polar surface area (TPSA) is 21.3 Å². The van der Waals surface area contributed by atoms with Crippen LogP contribution in [0, 0.1) is 6.92 Å². The van der Waals surface area contributed by atoms with Gasteiger partial charge in [0.25, 0.3) is 0 Å². The lowest BCUT2D eigenvalue weighted by Crippen LogP contribution is -2.23. The Bertz CT molecular complexity index is 499. The normalized spacial score (nSPS) is 10.6. The van der Waals surface area contributed by atoms with Crippen LogP contribution in [0.2, 0.25) is 0 Å². The van der Waals surface area contributed by atoms with E-state index in [1.165, 1.54) is 10.4 Å². The molecule has 0 aliphatic rings. The predicted octanol–water partition coefficient (Wildman–Crippen LogP) is 4.03. The smallest absolute Gasteiger partial charge is 0.133 e. The Morgan fingerprint density at radius 3 is 2.89 bits per heavy atom. The molecule has 102 valence electrons. The maximum Gasteiger partial charge on any atom is 0.133 e. The highest BCUT2D eigenvalue weighted by atomic mass is 79.9. The van der Waals surface area contributed by atoms with E-state index in [9.17, 15) is 0 Å². The second-order valence-corrected chi connectivity index (χ2v) is 6.25. The molecule has 4 heteroatoms. The SMILES string of the molecule is Cc1ccc(OCCNCCc2cccs2)c(Br)c1. The maximum absolute atomic E-state index is 5.72. The van der Waals surface area contributed by atoms with Crippen LogP contribution in [0.5, 0.6) is 5.75 Å². The van der Waals surface area contributed by atoms with Gasteiger partial charge in [-0.25, -0.2) is 0 Å². The van der Waals surface area contributed by atoms with Crippen LogP contribution in [0.15, 0.2) is 40.2 Å². The zero-order valence-corrected chi connectivity index (χ0v) is 13.4. The first-order chi connectivity index (χ1) is 9.25. The molecule has 0 saturated heterocycles. The number of aryl methyl sites for hydroxylation is 1. The van der Waals surface area contributed by atoms with Crippen molar-refractivity contribution in [3.63, 3.8) is 0 Å². The molecule has 0 amide bonds. The molecule has 2 aromatic rings. The molecule has 0 radical (unpaired) electrons. The Balaban J connectivity index is 1.61. The van der Waals surface area contributed by atoms with Crippen LogP contribution >= 0.6 is 27.3 Å². The molecule has 1 heterocycles. The van der Waals surface area contributed by atoms with Gasteiger partial charge in [0, 0.05) is 18.0 Å². The third kappa shape index (κ3) is 4.97. The molecule has 0 saturated carbocycles. The van der Waals surface area contributed by atoms with Crippen molar-refractivity contribution in [1.82, 2.24) is 5.32 Å². The second-order valence-electron chi connectivity index (χ2n) is 4.36. The minimum Gasteiger partial charge on any atom is -0.491 e. The average Bonchev–Trinajstić information content (AvgIpc) is 2.89. The summed E-state index contributed by atoms with van der Waals surface area (Å²) in [7, 11) is 0. The van der Waals surface area contributed by atoms with Gasteiger partial charge in [0.2, 0.25) is 0 Å². The molecule has 0 aliphatic heterocycles. The number of ether oxygens (including phenoxy) is 1. The number of rotatable bonds is 7. The van der Waals surface area contributed by atoms with Gasteiger partial charge in [-0.3, -0.25) is 0 Å². The third-order valence-electron chi connectivity index (χ3n) is 2.75. The number of hydrogen-bond donors (Lipinski definition) is 1. The third-order valence-corrected chi connectivity index (χ3v) is 4.31. The molecule has 2 nitrogen and oxygen atoms in total. The molecule has 0 bridgehead atoms. The Morgan fingerprint density at radius 1 is 1.26 bits per heavy atom. The van der Waals surface area contributed by atoms with Crippen molar-refractivity contribution >= 4 is 27.3 Å². The maximum atomic E-state index is 5.72. The monoisotopic (exact) mass is 339 g/mol. The Morgan fingerprint density at radius 2 is 2.16 bits per heavy atom. The zero-order valence-electron chi connectivity index (χ0n) is 11.0. The number of benzene rings is 1. The van der Waals surface area contributed by atoms with Crippen molar-refractivity contribution in [3.8, 4) is 5.75 Å². The van der Waals surface area contributed by atoms with Crippen molar-refractivity contribution in [1.29, 1.82) is 0 Å². The highest BCUT2D eigenvalue weighted by molar-refractivity contribution is 9.10. The van der Waals surface area contributed by atoms with Crippen LogP contribution in [0.1, 0.15) is 10.4 Å². The van der Waals surface area contributed by atoms with Gasteiger partial charge >= 0.3 is 0 Å².